The van der Waals surface area contributed by atoms with Crippen LogP contribution in [0.5, 0.6) is 0 Å². The summed E-state index contributed by atoms with van der Waals surface area (Å²) in [4.78, 5) is 37.1. The number of carbonyl (C=O) groups is 3. The van der Waals surface area contributed by atoms with Crippen molar-refractivity contribution in [3.05, 3.63) is 32.9 Å². The zero-order valence-electron chi connectivity index (χ0n) is 15.4. The van der Waals surface area contributed by atoms with Gasteiger partial charge in [-0.3, -0.25) is 9.48 Å². The number of carbonyl (C=O) groups excluding carboxylic acids is 3. The Balaban J connectivity index is 2.25. The molecule has 146 valence electrons. The van der Waals surface area contributed by atoms with Gasteiger partial charge in [-0.2, -0.15) is 5.10 Å². The first-order valence-electron chi connectivity index (χ1n) is 8.16. The molecule has 1 N–H and O–H groups in total. The molecule has 0 aliphatic rings. The molecule has 2 aromatic rings. The third kappa shape index (κ3) is 4.95. The van der Waals surface area contributed by atoms with E-state index in [2.05, 4.69) is 26.3 Å². The number of thiophene rings is 1. The standard InChI is InChI=1S/C17H20BrN3O5S/c1-5-26-17(24)13-10(3)12(16(23)25-4)15(27-13)20-14(22)9(2)7-21-8-11(18)6-19-21/h6,8-9H,5,7H2,1-4H3,(H,20,22). The number of rotatable bonds is 7. The highest BCUT2D eigenvalue weighted by molar-refractivity contribution is 9.10. The SMILES string of the molecule is CCOC(=O)c1sc(NC(=O)C(C)Cn2cc(Br)cn2)c(C(=O)OC)c1C. The monoisotopic (exact) mass is 457 g/mol. The lowest BCUT2D eigenvalue weighted by molar-refractivity contribution is -0.119. The second-order valence-electron chi connectivity index (χ2n) is 5.74. The van der Waals surface area contributed by atoms with Gasteiger partial charge >= 0.3 is 11.9 Å². The number of aromatic nitrogens is 2. The van der Waals surface area contributed by atoms with Gasteiger partial charge < -0.3 is 14.8 Å². The van der Waals surface area contributed by atoms with Gasteiger partial charge in [-0.05, 0) is 35.3 Å². The summed E-state index contributed by atoms with van der Waals surface area (Å²) < 4.78 is 12.3. The highest BCUT2D eigenvalue weighted by Crippen LogP contribution is 2.34. The van der Waals surface area contributed by atoms with E-state index in [9.17, 15) is 14.4 Å². The average Bonchev–Trinajstić information content (AvgIpc) is 3.17. The molecule has 2 heterocycles. The van der Waals surface area contributed by atoms with Crippen LogP contribution in [0.15, 0.2) is 16.9 Å². The van der Waals surface area contributed by atoms with Gasteiger partial charge in [0.15, 0.2) is 0 Å². The molecule has 0 aliphatic carbocycles. The molecule has 0 radical (unpaired) electrons. The lowest BCUT2D eigenvalue weighted by Gasteiger charge is -2.12. The van der Waals surface area contributed by atoms with Crippen molar-refractivity contribution in [2.45, 2.75) is 27.3 Å². The second-order valence-corrected chi connectivity index (χ2v) is 7.68. The number of hydrogen-bond acceptors (Lipinski definition) is 7. The van der Waals surface area contributed by atoms with Crippen molar-refractivity contribution < 1.29 is 23.9 Å². The van der Waals surface area contributed by atoms with Crippen LogP contribution >= 0.6 is 27.3 Å². The Morgan fingerprint density at radius 2 is 2.07 bits per heavy atom. The van der Waals surface area contributed by atoms with Crippen LogP contribution in [0, 0.1) is 12.8 Å². The summed E-state index contributed by atoms with van der Waals surface area (Å²) in [5, 5.41) is 7.12. The van der Waals surface area contributed by atoms with Crippen molar-refractivity contribution in [3.8, 4) is 0 Å². The van der Waals surface area contributed by atoms with E-state index in [0.29, 0.717) is 12.1 Å². The first kappa shape index (κ1) is 21.1. The van der Waals surface area contributed by atoms with Crippen LogP contribution in [-0.4, -0.2) is 41.3 Å². The molecule has 1 unspecified atom stereocenters. The first-order valence-corrected chi connectivity index (χ1v) is 9.77. The normalized spacial score (nSPS) is 11.7. The van der Waals surface area contributed by atoms with Crippen molar-refractivity contribution in [1.29, 1.82) is 0 Å². The summed E-state index contributed by atoms with van der Waals surface area (Å²) in [6.45, 7) is 5.63. The Kier molecular flexibility index (Phi) is 7.14. The van der Waals surface area contributed by atoms with E-state index in [4.69, 9.17) is 9.47 Å². The van der Waals surface area contributed by atoms with Crippen LogP contribution in [0.25, 0.3) is 0 Å². The minimum atomic E-state index is -0.627. The summed E-state index contributed by atoms with van der Waals surface area (Å²) in [7, 11) is 1.24. The van der Waals surface area contributed by atoms with E-state index in [1.807, 2.05) is 0 Å². The van der Waals surface area contributed by atoms with Crippen molar-refractivity contribution in [3.63, 3.8) is 0 Å². The van der Waals surface area contributed by atoms with E-state index in [0.717, 1.165) is 15.8 Å². The second kappa shape index (κ2) is 9.14. The summed E-state index contributed by atoms with van der Waals surface area (Å²) in [6, 6.07) is 0. The van der Waals surface area contributed by atoms with Gasteiger partial charge in [0.2, 0.25) is 5.91 Å². The zero-order chi connectivity index (χ0) is 20.1. The number of nitrogens with one attached hydrogen (secondary N) is 1. The van der Waals surface area contributed by atoms with Gasteiger partial charge in [0.1, 0.15) is 9.88 Å². The molecule has 1 amide bonds. The smallest absolute Gasteiger partial charge is 0.348 e. The Morgan fingerprint density at radius 3 is 2.63 bits per heavy atom. The quantitative estimate of drug-likeness (QED) is 0.640. The van der Waals surface area contributed by atoms with E-state index in [1.54, 1.807) is 37.8 Å². The molecule has 0 saturated carbocycles. The lowest BCUT2D eigenvalue weighted by atomic mass is 10.1. The van der Waals surface area contributed by atoms with E-state index >= 15 is 0 Å². The van der Waals surface area contributed by atoms with Crippen molar-refractivity contribution in [2.75, 3.05) is 19.0 Å². The highest BCUT2D eigenvalue weighted by Gasteiger charge is 2.28. The van der Waals surface area contributed by atoms with Crippen LogP contribution in [-0.2, 0) is 20.8 Å². The molecule has 0 fully saturated rings. The minimum Gasteiger partial charge on any atom is -0.465 e. The Bertz CT molecular complexity index is 861. The number of methoxy groups -OCH3 is 1. The van der Waals surface area contributed by atoms with Crippen molar-refractivity contribution in [1.82, 2.24) is 9.78 Å². The fraction of sp³-hybridized carbons (Fsp3) is 0.412. The Hall–Kier alpha value is -2.20. The number of halogens is 1. The third-order valence-electron chi connectivity index (χ3n) is 3.74. The zero-order valence-corrected chi connectivity index (χ0v) is 17.8. The molecular formula is C17H20BrN3O5S. The van der Waals surface area contributed by atoms with E-state index in [1.165, 1.54) is 7.11 Å². The predicted octanol–water partition coefficient (Wildman–Crippen LogP) is 3.25. The van der Waals surface area contributed by atoms with Gasteiger partial charge in [-0.1, -0.05) is 6.92 Å². The topological polar surface area (TPSA) is 99.5 Å². The van der Waals surface area contributed by atoms with Crippen molar-refractivity contribution >= 4 is 50.1 Å². The molecule has 0 aromatic carbocycles. The van der Waals surface area contributed by atoms with Gasteiger partial charge in [-0.25, -0.2) is 9.59 Å². The number of esters is 2. The molecule has 0 saturated heterocycles. The number of nitrogens with zero attached hydrogens (tertiary/aromatic N) is 2. The fourth-order valence-electron chi connectivity index (χ4n) is 2.38. The number of anilines is 1. The van der Waals surface area contributed by atoms with Gasteiger partial charge in [0, 0.05) is 6.20 Å². The van der Waals surface area contributed by atoms with E-state index < -0.39 is 17.9 Å². The molecule has 2 aromatic heterocycles. The van der Waals surface area contributed by atoms with E-state index in [-0.39, 0.29) is 28.0 Å². The first-order chi connectivity index (χ1) is 12.8. The van der Waals surface area contributed by atoms with Crippen LogP contribution in [0.2, 0.25) is 0 Å². The Morgan fingerprint density at radius 1 is 1.37 bits per heavy atom. The molecule has 2 rings (SSSR count). The predicted molar refractivity (Wildman–Crippen MR) is 104 cm³/mol. The number of ether oxygens (including phenoxy) is 2. The number of amides is 1. The van der Waals surface area contributed by atoms with Crippen LogP contribution in [0.4, 0.5) is 5.00 Å². The lowest BCUT2D eigenvalue weighted by Crippen LogP contribution is -2.25. The highest BCUT2D eigenvalue weighted by atomic mass is 79.9. The molecule has 0 bridgehead atoms. The maximum atomic E-state index is 12.6. The van der Waals surface area contributed by atoms with Gasteiger partial charge in [-0.15, -0.1) is 11.3 Å². The molecule has 0 spiro atoms. The third-order valence-corrected chi connectivity index (χ3v) is 5.34. The maximum Gasteiger partial charge on any atom is 0.348 e. The van der Waals surface area contributed by atoms with Crippen LogP contribution < -0.4 is 5.32 Å². The van der Waals surface area contributed by atoms with Gasteiger partial charge in [0.25, 0.3) is 0 Å². The molecule has 10 heteroatoms. The summed E-state index contributed by atoms with van der Waals surface area (Å²) in [5.41, 5.74) is 0.581. The fourth-order valence-corrected chi connectivity index (χ4v) is 3.80. The summed E-state index contributed by atoms with van der Waals surface area (Å²) in [6.07, 6.45) is 3.39. The summed E-state index contributed by atoms with van der Waals surface area (Å²) in [5.74, 6) is -1.89. The number of hydrogen-bond donors (Lipinski definition) is 1. The molecule has 27 heavy (non-hydrogen) atoms. The molecule has 1 atom stereocenters. The average molecular weight is 458 g/mol. The van der Waals surface area contributed by atoms with Gasteiger partial charge in [0.05, 0.1) is 42.4 Å². The van der Waals surface area contributed by atoms with Crippen molar-refractivity contribution in [2.24, 2.45) is 5.92 Å². The Labute approximate surface area is 169 Å². The van der Waals surface area contributed by atoms with Crippen LogP contribution in [0.1, 0.15) is 39.4 Å². The van der Waals surface area contributed by atoms with Crippen LogP contribution in [0.3, 0.4) is 0 Å². The minimum absolute atomic E-state index is 0.160. The molecular weight excluding hydrogens is 438 g/mol. The largest absolute Gasteiger partial charge is 0.465 e. The molecule has 8 nitrogen and oxygen atoms in total. The summed E-state index contributed by atoms with van der Waals surface area (Å²) >= 11 is 4.30. The maximum absolute atomic E-state index is 12.6. The molecule has 0 aliphatic heterocycles.